The summed E-state index contributed by atoms with van der Waals surface area (Å²) in [7, 11) is 0. The minimum atomic E-state index is -0.230. The molecule has 19 heavy (non-hydrogen) atoms. The number of rotatable bonds is 6. The van der Waals surface area contributed by atoms with E-state index in [0.29, 0.717) is 24.3 Å². The summed E-state index contributed by atoms with van der Waals surface area (Å²) in [6.07, 6.45) is 4.91. The largest absolute Gasteiger partial charge is 0.493 e. The molecular weight excluding hydrogens is 241 g/mol. The lowest BCUT2D eigenvalue weighted by molar-refractivity contribution is 0.259. The van der Waals surface area contributed by atoms with Gasteiger partial charge >= 0.3 is 0 Å². The van der Waals surface area contributed by atoms with Crippen LogP contribution >= 0.6 is 0 Å². The van der Waals surface area contributed by atoms with Gasteiger partial charge in [-0.25, -0.2) is 4.39 Å². The van der Waals surface area contributed by atoms with Crippen LogP contribution in [0.1, 0.15) is 38.2 Å². The van der Waals surface area contributed by atoms with Crippen molar-refractivity contribution in [2.24, 2.45) is 5.92 Å². The highest BCUT2D eigenvalue weighted by atomic mass is 19.1. The summed E-state index contributed by atoms with van der Waals surface area (Å²) in [5, 5.41) is 3.55. The van der Waals surface area contributed by atoms with Gasteiger partial charge in [0.25, 0.3) is 0 Å². The molecule has 0 amide bonds. The fraction of sp³-hybridized carbons (Fsp3) is 0.625. The molecular formula is C16H24FNO. The third-order valence-corrected chi connectivity index (χ3v) is 4.02. The van der Waals surface area contributed by atoms with E-state index in [2.05, 4.69) is 12.2 Å². The lowest BCUT2D eigenvalue weighted by atomic mass is 10.00. The Morgan fingerprint density at radius 1 is 1.37 bits per heavy atom. The topological polar surface area (TPSA) is 21.3 Å². The van der Waals surface area contributed by atoms with Crippen molar-refractivity contribution in [1.82, 2.24) is 5.32 Å². The van der Waals surface area contributed by atoms with E-state index < -0.39 is 0 Å². The van der Waals surface area contributed by atoms with Gasteiger partial charge in [-0.1, -0.05) is 19.4 Å². The van der Waals surface area contributed by atoms with Crippen LogP contribution in [0, 0.1) is 18.7 Å². The van der Waals surface area contributed by atoms with E-state index in [-0.39, 0.29) is 5.82 Å². The monoisotopic (exact) mass is 265 g/mol. The van der Waals surface area contributed by atoms with Gasteiger partial charge < -0.3 is 10.1 Å². The Hall–Kier alpha value is -1.09. The van der Waals surface area contributed by atoms with Crippen molar-refractivity contribution in [2.75, 3.05) is 13.2 Å². The number of hydrogen-bond donors (Lipinski definition) is 1. The number of aryl methyl sites for hydroxylation is 1. The maximum atomic E-state index is 13.1. The van der Waals surface area contributed by atoms with E-state index in [1.165, 1.54) is 31.4 Å². The van der Waals surface area contributed by atoms with Gasteiger partial charge in [-0.15, -0.1) is 0 Å². The Morgan fingerprint density at radius 3 is 3.00 bits per heavy atom. The zero-order valence-corrected chi connectivity index (χ0v) is 11.9. The number of halogens is 1. The average molecular weight is 265 g/mol. The second-order valence-electron chi connectivity index (χ2n) is 5.40. The minimum absolute atomic E-state index is 0.230. The van der Waals surface area contributed by atoms with Crippen molar-refractivity contribution in [3.8, 4) is 5.75 Å². The first-order valence-electron chi connectivity index (χ1n) is 7.33. The van der Waals surface area contributed by atoms with Crippen LogP contribution in [0.15, 0.2) is 18.2 Å². The van der Waals surface area contributed by atoms with Gasteiger partial charge in [0.05, 0.1) is 6.61 Å². The van der Waals surface area contributed by atoms with Crippen molar-refractivity contribution in [2.45, 2.75) is 45.6 Å². The SMILES string of the molecule is CCNC1CCCC1CCOc1cc(F)ccc1C. The first-order valence-corrected chi connectivity index (χ1v) is 7.33. The lowest BCUT2D eigenvalue weighted by Crippen LogP contribution is -2.32. The summed E-state index contributed by atoms with van der Waals surface area (Å²) < 4.78 is 18.9. The first-order chi connectivity index (χ1) is 9.20. The molecule has 0 aromatic heterocycles. The molecule has 2 nitrogen and oxygen atoms in total. The van der Waals surface area contributed by atoms with E-state index in [9.17, 15) is 4.39 Å². The maximum absolute atomic E-state index is 13.1. The number of nitrogens with one attached hydrogen (secondary N) is 1. The first kappa shape index (κ1) is 14.3. The normalized spacial score (nSPS) is 22.7. The van der Waals surface area contributed by atoms with E-state index in [1.807, 2.05) is 6.92 Å². The van der Waals surface area contributed by atoms with Crippen molar-refractivity contribution in [3.05, 3.63) is 29.6 Å². The van der Waals surface area contributed by atoms with Crippen LogP contribution in [0.3, 0.4) is 0 Å². The van der Waals surface area contributed by atoms with Gasteiger partial charge in [0, 0.05) is 12.1 Å². The average Bonchev–Trinajstić information content (AvgIpc) is 2.82. The van der Waals surface area contributed by atoms with Gasteiger partial charge in [-0.05, 0) is 50.3 Å². The smallest absolute Gasteiger partial charge is 0.126 e. The standard InChI is InChI=1S/C16H24FNO/c1-3-18-15-6-4-5-13(15)9-10-19-16-11-14(17)8-7-12(16)2/h7-8,11,13,15,18H,3-6,9-10H2,1-2H3. The molecule has 0 bridgehead atoms. The Labute approximate surface area is 115 Å². The van der Waals surface area contributed by atoms with Gasteiger partial charge in [0.2, 0.25) is 0 Å². The van der Waals surface area contributed by atoms with E-state index in [1.54, 1.807) is 6.07 Å². The summed E-state index contributed by atoms with van der Waals surface area (Å²) >= 11 is 0. The Balaban J connectivity index is 1.81. The number of ether oxygens (including phenoxy) is 1. The molecule has 0 heterocycles. The molecule has 0 saturated heterocycles. The second-order valence-corrected chi connectivity index (χ2v) is 5.40. The quantitative estimate of drug-likeness (QED) is 0.847. The highest BCUT2D eigenvalue weighted by Gasteiger charge is 2.26. The molecule has 1 aromatic carbocycles. The molecule has 1 saturated carbocycles. The molecule has 0 radical (unpaired) electrons. The van der Waals surface area contributed by atoms with Crippen molar-refractivity contribution in [1.29, 1.82) is 0 Å². The number of hydrogen-bond acceptors (Lipinski definition) is 2. The predicted octanol–water partition coefficient (Wildman–Crippen LogP) is 3.68. The number of benzene rings is 1. The molecule has 2 atom stereocenters. The summed E-state index contributed by atoms with van der Waals surface area (Å²) in [6.45, 7) is 5.82. The summed E-state index contributed by atoms with van der Waals surface area (Å²) in [6, 6.07) is 5.36. The van der Waals surface area contributed by atoms with Crippen molar-refractivity contribution in [3.63, 3.8) is 0 Å². The molecule has 3 heteroatoms. The molecule has 1 aliphatic carbocycles. The van der Waals surface area contributed by atoms with E-state index in [0.717, 1.165) is 18.5 Å². The van der Waals surface area contributed by atoms with Crippen LogP contribution in [0.5, 0.6) is 5.75 Å². The third kappa shape index (κ3) is 3.93. The minimum Gasteiger partial charge on any atom is -0.493 e. The molecule has 1 N–H and O–H groups in total. The fourth-order valence-electron chi connectivity index (χ4n) is 2.96. The molecule has 2 unspecified atom stereocenters. The highest BCUT2D eigenvalue weighted by Crippen LogP contribution is 2.29. The van der Waals surface area contributed by atoms with Crippen LogP contribution in [-0.4, -0.2) is 19.2 Å². The Kier molecular flexibility index (Phi) is 5.20. The van der Waals surface area contributed by atoms with Gasteiger partial charge in [-0.3, -0.25) is 0 Å². The molecule has 0 spiro atoms. The zero-order chi connectivity index (χ0) is 13.7. The van der Waals surface area contributed by atoms with Crippen molar-refractivity contribution >= 4 is 0 Å². The summed E-state index contributed by atoms with van der Waals surface area (Å²) in [5.74, 6) is 1.15. The van der Waals surface area contributed by atoms with Crippen LogP contribution in [-0.2, 0) is 0 Å². The maximum Gasteiger partial charge on any atom is 0.126 e. The van der Waals surface area contributed by atoms with E-state index >= 15 is 0 Å². The van der Waals surface area contributed by atoms with Crippen LogP contribution in [0.25, 0.3) is 0 Å². The molecule has 106 valence electrons. The van der Waals surface area contributed by atoms with Gasteiger partial charge in [-0.2, -0.15) is 0 Å². The van der Waals surface area contributed by atoms with Gasteiger partial charge in [0.1, 0.15) is 11.6 Å². The molecule has 1 fully saturated rings. The van der Waals surface area contributed by atoms with Crippen LogP contribution in [0.2, 0.25) is 0 Å². The Bertz CT molecular complexity index is 408. The highest BCUT2D eigenvalue weighted by molar-refractivity contribution is 5.32. The van der Waals surface area contributed by atoms with Crippen LogP contribution in [0.4, 0.5) is 4.39 Å². The van der Waals surface area contributed by atoms with Crippen LogP contribution < -0.4 is 10.1 Å². The molecule has 2 rings (SSSR count). The molecule has 1 aromatic rings. The lowest BCUT2D eigenvalue weighted by Gasteiger charge is -2.20. The second kappa shape index (κ2) is 6.90. The molecule has 1 aliphatic rings. The van der Waals surface area contributed by atoms with Gasteiger partial charge in [0.15, 0.2) is 0 Å². The molecule has 0 aliphatic heterocycles. The van der Waals surface area contributed by atoms with E-state index in [4.69, 9.17) is 4.74 Å². The van der Waals surface area contributed by atoms with Crippen molar-refractivity contribution < 1.29 is 9.13 Å². The predicted molar refractivity (Wildman–Crippen MR) is 76.1 cm³/mol. The summed E-state index contributed by atoms with van der Waals surface area (Å²) in [4.78, 5) is 0. The Morgan fingerprint density at radius 2 is 2.21 bits per heavy atom. The fourth-order valence-corrected chi connectivity index (χ4v) is 2.96. The summed E-state index contributed by atoms with van der Waals surface area (Å²) in [5.41, 5.74) is 0.996. The third-order valence-electron chi connectivity index (χ3n) is 4.02. The zero-order valence-electron chi connectivity index (χ0n) is 11.9.